The third-order valence-corrected chi connectivity index (χ3v) is 3.87. The van der Waals surface area contributed by atoms with Crippen molar-refractivity contribution in [3.63, 3.8) is 0 Å². The van der Waals surface area contributed by atoms with E-state index in [4.69, 9.17) is 10.5 Å². The van der Waals surface area contributed by atoms with Crippen molar-refractivity contribution in [2.75, 3.05) is 41.3 Å². The van der Waals surface area contributed by atoms with Gasteiger partial charge in [-0.2, -0.15) is 0 Å². The van der Waals surface area contributed by atoms with E-state index in [9.17, 15) is 4.79 Å². The molecule has 0 bridgehead atoms. The molecule has 0 aliphatic rings. The lowest BCUT2D eigenvalue weighted by Gasteiger charge is -2.25. The van der Waals surface area contributed by atoms with Crippen molar-refractivity contribution in [3.8, 4) is 5.75 Å². The topological polar surface area (TPSA) is 58.8 Å². The van der Waals surface area contributed by atoms with Gasteiger partial charge < -0.3 is 20.3 Å². The Bertz CT molecular complexity index is 548. The van der Waals surface area contributed by atoms with Crippen LogP contribution in [-0.2, 0) is 12.0 Å². The summed E-state index contributed by atoms with van der Waals surface area (Å²) in [6.45, 7) is 8.99. The lowest BCUT2D eigenvalue weighted by molar-refractivity contribution is 0.0997. The van der Waals surface area contributed by atoms with Crippen LogP contribution in [0.3, 0.4) is 0 Å². The van der Waals surface area contributed by atoms with Crippen LogP contribution < -0.4 is 10.5 Å². The van der Waals surface area contributed by atoms with E-state index in [1.54, 1.807) is 7.11 Å². The van der Waals surface area contributed by atoms with E-state index in [1.807, 2.05) is 6.07 Å². The van der Waals surface area contributed by atoms with Gasteiger partial charge in [-0.3, -0.25) is 4.79 Å². The second-order valence-corrected chi connectivity index (χ2v) is 7.37. The van der Waals surface area contributed by atoms with Crippen molar-refractivity contribution in [2.45, 2.75) is 32.7 Å². The molecule has 0 aliphatic carbocycles. The van der Waals surface area contributed by atoms with Crippen molar-refractivity contribution in [1.29, 1.82) is 0 Å². The molecular weight excluding hydrogens is 290 g/mol. The highest BCUT2D eigenvalue weighted by Crippen LogP contribution is 2.32. The molecule has 130 valence electrons. The maximum atomic E-state index is 11.8. The van der Waals surface area contributed by atoms with Gasteiger partial charge in [-0.15, -0.1) is 0 Å². The fourth-order valence-electron chi connectivity index (χ4n) is 2.40. The van der Waals surface area contributed by atoms with Crippen molar-refractivity contribution in [3.05, 3.63) is 28.8 Å². The fraction of sp³-hybridized carbons (Fsp3) is 0.611. The first-order chi connectivity index (χ1) is 10.6. The van der Waals surface area contributed by atoms with Gasteiger partial charge in [0.15, 0.2) is 0 Å². The van der Waals surface area contributed by atoms with Crippen LogP contribution in [0.2, 0.25) is 0 Å². The zero-order valence-corrected chi connectivity index (χ0v) is 15.6. The molecule has 0 radical (unpaired) electrons. The summed E-state index contributed by atoms with van der Waals surface area (Å²) in [5.74, 6) is 0.132. The minimum absolute atomic E-state index is 0.0621. The zero-order chi connectivity index (χ0) is 17.8. The number of rotatable bonds is 7. The summed E-state index contributed by atoms with van der Waals surface area (Å²) in [4.78, 5) is 16.2. The lowest BCUT2D eigenvalue weighted by atomic mass is 9.84. The molecular formula is C18H31N3O2. The van der Waals surface area contributed by atoms with Crippen molar-refractivity contribution >= 4 is 5.91 Å². The highest BCUT2D eigenvalue weighted by atomic mass is 16.5. The largest absolute Gasteiger partial charge is 0.496 e. The molecule has 0 fully saturated rings. The van der Waals surface area contributed by atoms with Gasteiger partial charge in [0.2, 0.25) is 0 Å². The van der Waals surface area contributed by atoms with Crippen LogP contribution in [0, 0.1) is 0 Å². The predicted octanol–water partition coefficient (Wildman–Crippen LogP) is 2.08. The third kappa shape index (κ3) is 5.52. The maximum absolute atomic E-state index is 11.8. The highest BCUT2D eigenvalue weighted by molar-refractivity contribution is 5.96. The van der Waals surface area contributed by atoms with Gasteiger partial charge in [-0.05, 0) is 38.2 Å². The molecule has 0 saturated heterocycles. The first kappa shape index (κ1) is 19.5. The molecule has 1 amide bonds. The Hall–Kier alpha value is -1.59. The van der Waals surface area contributed by atoms with E-state index in [1.165, 1.54) is 0 Å². The Labute approximate surface area is 140 Å². The molecule has 0 atom stereocenters. The molecule has 23 heavy (non-hydrogen) atoms. The van der Waals surface area contributed by atoms with Crippen LogP contribution in [0.1, 0.15) is 42.3 Å². The SMILES string of the molecule is COc1c(CN(C)CCN(C)C)cc(C(C)(C)C)cc1C(N)=O. The van der Waals surface area contributed by atoms with Crippen LogP contribution in [0.4, 0.5) is 0 Å². The summed E-state index contributed by atoms with van der Waals surface area (Å²) in [6.07, 6.45) is 0. The number of likely N-dealkylation sites (N-methyl/N-ethyl adjacent to an activating group) is 2. The number of primary amides is 1. The van der Waals surface area contributed by atoms with Crippen LogP contribution >= 0.6 is 0 Å². The monoisotopic (exact) mass is 321 g/mol. The van der Waals surface area contributed by atoms with Crippen LogP contribution in [0.5, 0.6) is 5.75 Å². The van der Waals surface area contributed by atoms with Crippen molar-refractivity contribution in [2.24, 2.45) is 5.73 Å². The van der Waals surface area contributed by atoms with E-state index in [2.05, 4.69) is 57.8 Å². The number of hydrogen-bond donors (Lipinski definition) is 1. The van der Waals surface area contributed by atoms with E-state index >= 15 is 0 Å². The second kappa shape index (κ2) is 7.79. The molecule has 1 rings (SSSR count). The lowest BCUT2D eigenvalue weighted by Crippen LogP contribution is -2.29. The third-order valence-electron chi connectivity index (χ3n) is 3.87. The fourth-order valence-corrected chi connectivity index (χ4v) is 2.40. The number of carbonyl (C=O) groups is 1. The molecule has 0 saturated carbocycles. The molecule has 5 heteroatoms. The van der Waals surface area contributed by atoms with E-state index < -0.39 is 5.91 Å². The Balaban J connectivity index is 3.22. The number of carbonyl (C=O) groups excluding carboxylic acids is 1. The first-order valence-electron chi connectivity index (χ1n) is 7.90. The number of amides is 1. The van der Waals surface area contributed by atoms with Crippen molar-refractivity contribution in [1.82, 2.24) is 9.80 Å². The van der Waals surface area contributed by atoms with Gasteiger partial charge in [0.1, 0.15) is 5.75 Å². The number of hydrogen-bond acceptors (Lipinski definition) is 4. The molecule has 0 spiro atoms. The van der Waals surface area contributed by atoms with Gasteiger partial charge >= 0.3 is 0 Å². The minimum Gasteiger partial charge on any atom is -0.496 e. The number of methoxy groups -OCH3 is 1. The van der Waals surface area contributed by atoms with Gasteiger partial charge in [-0.25, -0.2) is 0 Å². The van der Waals surface area contributed by atoms with E-state index in [0.717, 1.165) is 24.2 Å². The molecule has 2 N–H and O–H groups in total. The summed E-state index contributed by atoms with van der Waals surface area (Å²) >= 11 is 0. The molecule has 1 aromatic rings. The van der Waals surface area contributed by atoms with Crippen LogP contribution in [0.15, 0.2) is 12.1 Å². The smallest absolute Gasteiger partial charge is 0.252 e. The molecule has 0 aliphatic heterocycles. The molecule has 5 nitrogen and oxygen atoms in total. The summed E-state index contributed by atoms with van der Waals surface area (Å²) in [7, 11) is 7.76. The molecule has 0 aromatic heterocycles. The molecule has 0 heterocycles. The van der Waals surface area contributed by atoms with Gasteiger partial charge in [0.25, 0.3) is 5.91 Å². The summed E-state index contributed by atoms with van der Waals surface area (Å²) in [5, 5.41) is 0. The maximum Gasteiger partial charge on any atom is 0.252 e. The van der Waals surface area contributed by atoms with E-state index in [-0.39, 0.29) is 5.41 Å². The summed E-state index contributed by atoms with van der Waals surface area (Å²) < 4.78 is 5.49. The quantitative estimate of drug-likeness (QED) is 0.835. The van der Waals surface area contributed by atoms with Crippen LogP contribution in [0.25, 0.3) is 0 Å². The average molecular weight is 321 g/mol. The van der Waals surface area contributed by atoms with E-state index in [0.29, 0.717) is 17.9 Å². The standard InChI is InChI=1S/C18H31N3O2/c1-18(2,3)14-10-13(12-21(6)9-8-20(4)5)16(23-7)15(11-14)17(19)22/h10-11H,8-9,12H2,1-7H3,(H2,19,22). The van der Waals surface area contributed by atoms with Gasteiger partial charge in [0, 0.05) is 25.2 Å². The Morgan fingerprint density at radius 3 is 2.22 bits per heavy atom. The number of benzene rings is 1. The average Bonchev–Trinajstić information content (AvgIpc) is 2.43. The Kier molecular flexibility index (Phi) is 6.59. The normalized spacial score (nSPS) is 12.0. The molecule has 0 unspecified atom stereocenters. The number of ether oxygens (including phenoxy) is 1. The Morgan fingerprint density at radius 2 is 1.78 bits per heavy atom. The summed E-state index contributed by atoms with van der Waals surface area (Å²) in [6, 6.07) is 3.97. The highest BCUT2D eigenvalue weighted by Gasteiger charge is 2.22. The van der Waals surface area contributed by atoms with Crippen LogP contribution in [-0.4, -0.2) is 57.0 Å². The number of nitrogens with zero attached hydrogens (tertiary/aromatic N) is 2. The number of nitrogens with two attached hydrogens (primary N) is 1. The Morgan fingerprint density at radius 1 is 1.17 bits per heavy atom. The van der Waals surface area contributed by atoms with Gasteiger partial charge in [0.05, 0.1) is 12.7 Å². The first-order valence-corrected chi connectivity index (χ1v) is 7.90. The second-order valence-electron chi connectivity index (χ2n) is 7.37. The zero-order valence-electron chi connectivity index (χ0n) is 15.6. The minimum atomic E-state index is -0.454. The summed E-state index contributed by atoms with van der Waals surface area (Å²) in [5.41, 5.74) is 8.04. The van der Waals surface area contributed by atoms with Crippen molar-refractivity contribution < 1.29 is 9.53 Å². The van der Waals surface area contributed by atoms with Gasteiger partial charge in [-0.1, -0.05) is 26.8 Å². The predicted molar refractivity (Wildman–Crippen MR) is 95.1 cm³/mol. The molecule has 1 aromatic carbocycles.